The van der Waals surface area contributed by atoms with E-state index >= 15 is 0 Å². The lowest BCUT2D eigenvalue weighted by Gasteiger charge is -2.20. The van der Waals surface area contributed by atoms with Crippen molar-refractivity contribution in [3.05, 3.63) is 22.8 Å². The Morgan fingerprint density at radius 2 is 1.92 bits per heavy atom. The number of thiophene rings is 1. The smallest absolute Gasteiger partial charge is 0.312 e. The monoisotopic (exact) mass is 374 g/mol. The molecule has 0 N–H and O–H groups in total. The van der Waals surface area contributed by atoms with E-state index in [0.717, 1.165) is 17.4 Å². The van der Waals surface area contributed by atoms with Crippen LogP contribution < -0.4 is 9.47 Å². The number of alkyl halides is 2. The van der Waals surface area contributed by atoms with E-state index in [1.54, 1.807) is 0 Å². The molecule has 0 bridgehead atoms. The van der Waals surface area contributed by atoms with Crippen molar-refractivity contribution in [3.63, 3.8) is 0 Å². The molecule has 0 unspecified atom stereocenters. The van der Waals surface area contributed by atoms with Gasteiger partial charge >= 0.3 is 5.97 Å². The van der Waals surface area contributed by atoms with E-state index in [1.165, 1.54) is 27.4 Å². The van der Waals surface area contributed by atoms with Crippen LogP contribution >= 0.6 is 11.3 Å². The summed E-state index contributed by atoms with van der Waals surface area (Å²) in [4.78, 5) is 11.5. The average Bonchev–Trinajstić information content (AvgIpc) is 3.20. The zero-order valence-corrected chi connectivity index (χ0v) is 14.8. The van der Waals surface area contributed by atoms with Crippen LogP contribution in [0.1, 0.15) is 24.1 Å². The number of halogens is 3. The first-order valence-electron chi connectivity index (χ1n) is 7.59. The van der Waals surface area contributed by atoms with Crippen LogP contribution in [0.25, 0.3) is 10.1 Å². The van der Waals surface area contributed by atoms with Gasteiger partial charge in [0.15, 0.2) is 17.3 Å². The van der Waals surface area contributed by atoms with Crippen molar-refractivity contribution >= 4 is 27.4 Å². The Balaban J connectivity index is 2.01. The normalized spacial score (nSPS) is 15.9. The van der Waals surface area contributed by atoms with Gasteiger partial charge in [-0.05, 0) is 18.9 Å². The Labute approximate surface area is 146 Å². The maximum Gasteiger partial charge on any atom is 0.312 e. The Hall–Kier alpha value is -1.96. The van der Waals surface area contributed by atoms with Crippen LogP contribution in [0.5, 0.6) is 11.5 Å². The Morgan fingerprint density at radius 3 is 2.44 bits per heavy atom. The topological polar surface area (TPSA) is 44.8 Å². The van der Waals surface area contributed by atoms with Gasteiger partial charge in [0.2, 0.25) is 0 Å². The molecule has 1 aromatic carbocycles. The molecule has 1 aliphatic rings. The van der Waals surface area contributed by atoms with Crippen molar-refractivity contribution in [1.82, 2.24) is 0 Å². The summed E-state index contributed by atoms with van der Waals surface area (Å²) in [5, 5.41) is 0.0419. The predicted octanol–water partition coefficient (Wildman–Crippen LogP) is 4.49. The highest BCUT2D eigenvalue weighted by Gasteiger charge is 2.57. The molecule has 25 heavy (non-hydrogen) atoms. The van der Waals surface area contributed by atoms with Crippen molar-refractivity contribution in [1.29, 1.82) is 0 Å². The van der Waals surface area contributed by atoms with Crippen LogP contribution in [0, 0.1) is 11.2 Å². The number of methoxy groups -OCH3 is 3. The zero-order valence-electron chi connectivity index (χ0n) is 14.0. The van der Waals surface area contributed by atoms with Gasteiger partial charge in [-0.2, -0.15) is 0 Å². The van der Waals surface area contributed by atoms with Crippen molar-refractivity contribution < 1.29 is 32.2 Å². The van der Waals surface area contributed by atoms with Crippen molar-refractivity contribution in [2.45, 2.75) is 25.2 Å². The van der Waals surface area contributed by atoms with Gasteiger partial charge < -0.3 is 14.2 Å². The van der Waals surface area contributed by atoms with Crippen molar-refractivity contribution in [2.75, 3.05) is 21.3 Å². The van der Waals surface area contributed by atoms with Crippen molar-refractivity contribution in [3.8, 4) is 11.5 Å². The maximum atomic E-state index is 14.7. The first-order valence-corrected chi connectivity index (χ1v) is 8.40. The quantitative estimate of drug-likeness (QED) is 0.699. The van der Waals surface area contributed by atoms with Gasteiger partial charge in [0, 0.05) is 22.6 Å². The third-order valence-electron chi connectivity index (χ3n) is 4.50. The highest BCUT2D eigenvalue weighted by atomic mass is 32.1. The number of carbonyl (C=O) groups excluding carboxylic acids is 1. The Kier molecular flexibility index (Phi) is 4.35. The average molecular weight is 374 g/mol. The molecule has 0 atom stereocenters. The SMILES string of the molecule is COC(=O)C1(CC(F)(F)c2cc3c(F)c(OC)c(OC)cc3s2)CC1. The molecule has 1 fully saturated rings. The van der Waals surface area contributed by atoms with Gasteiger partial charge in [0.05, 0.1) is 31.6 Å². The summed E-state index contributed by atoms with van der Waals surface area (Å²) in [6.07, 6.45) is 0.0989. The fourth-order valence-electron chi connectivity index (χ4n) is 2.95. The van der Waals surface area contributed by atoms with Gasteiger partial charge in [-0.3, -0.25) is 4.79 Å². The fourth-order valence-corrected chi connectivity index (χ4v) is 4.01. The second kappa shape index (κ2) is 6.09. The van der Waals surface area contributed by atoms with E-state index in [1.807, 2.05) is 0 Å². The molecule has 1 heterocycles. The van der Waals surface area contributed by atoms with Crippen LogP contribution in [0.4, 0.5) is 13.2 Å². The summed E-state index contributed by atoms with van der Waals surface area (Å²) < 4.78 is 59.0. The maximum absolute atomic E-state index is 14.7. The number of esters is 1. The first-order chi connectivity index (χ1) is 11.8. The van der Waals surface area contributed by atoms with Crippen LogP contribution in [-0.2, 0) is 15.5 Å². The molecule has 3 rings (SSSR count). The van der Waals surface area contributed by atoms with Crippen LogP contribution in [0.15, 0.2) is 12.1 Å². The summed E-state index contributed by atoms with van der Waals surface area (Å²) in [5.41, 5.74) is -1.14. The number of rotatable bonds is 6. The molecule has 2 aromatic rings. The number of fused-ring (bicyclic) bond motifs is 1. The fraction of sp³-hybridized carbons (Fsp3) is 0.471. The Bertz CT molecular complexity index is 827. The number of hydrogen-bond donors (Lipinski definition) is 0. The largest absolute Gasteiger partial charge is 0.493 e. The standard InChI is InChI=1S/C17H17F3O4S/c1-22-10-7-11-9(13(18)14(10)23-2)6-12(25-11)17(19,20)8-16(4-5-16)15(21)24-3/h6-7H,4-5,8H2,1-3H3. The number of hydrogen-bond acceptors (Lipinski definition) is 5. The van der Waals surface area contributed by atoms with Gasteiger partial charge in [-0.1, -0.05) is 0 Å². The van der Waals surface area contributed by atoms with E-state index < -0.39 is 29.5 Å². The zero-order chi connectivity index (χ0) is 18.4. The molecule has 1 saturated carbocycles. The molecule has 4 nitrogen and oxygen atoms in total. The highest BCUT2D eigenvalue weighted by molar-refractivity contribution is 7.19. The van der Waals surface area contributed by atoms with Crippen molar-refractivity contribution in [2.24, 2.45) is 5.41 Å². The molecular weight excluding hydrogens is 357 g/mol. The van der Waals surface area contributed by atoms with E-state index in [-0.39, 0.29) is 21.8 Å². The third-order valence-corrected chi connectivity index (χ3v) is 5.69. The summed E-state index contributed by atoms with van der Waals surface area (Å²) in [5.74, 6) is -4.62. The lowest BCUT2D eigenvalue weighted by atomic mass is 9.97. The molecule has 8 heteroatoms. The van der Waals surface area contributed by atoms with E-state index in [2.05, 4.69) is 4.74 Å². The van der Waals surface area contributed by atoms with Crippen LogP contribution in [0.3, 0.4) is 0 Å². The van der Waals surface area contributed by atoms with Gasteiger partial charge in [-0.25, -0.2) is 13.2 Å². The second-order valence-corrected chi connectivity index (χ2v) is 7.19. The minimum absolute atomic E-state index is 0.0419. The molecule has 136 valence electrons. The van der Waals surface area contributed by atoms with Gasteiger partial charge in [0.1, 0.15) is 0 Å². The molecule has 0 aliphatic heterocycles. The number of ether oxygens (including phenoxy) is 3. The highest BCUT2D eigenvalue weighted by Crippen LogP contribution is 2.57. The lowest BCUT2D eigenvalue weighted by molar-refractivity contribution is -0.151. The molecule has 1 aromatic heterocycles. The minimum Gasteiger partial charge on any atom is -0.493 e. The van der Waals surface area contributed by atoms with E-state index in [9.17, 15) is 18.0 Å². The molecule has 1 aliphatic carbocycles. The summed E-state index contributed by atoms with van der Waals surface area (Å²) in [6.45, 7) is 0. The minimum atomic E-state index is -3.26. The molecule has 0 saturated heterocycles. The summed E-state index contributed by atoms with van der Waals surface area (Å²) >= 11 is 0.777. The third kappa shape index (κ3) is 2.92. The van der Waals surface area contributed by atoms with E-state index in [4.69, 9.17) is 9.47 Å². The summed E-state index contributed by atoms with van der Waals surface area (Å²) in [6, 6.07) is 2.58. The van der Waals surface area contributed by atoms with Gasteiger partial charge in [0.25, 0.3) is 5.92 Å². The second-order valence-electron chi connectivity index (χ2n) is 6.10. The lowest BCUT2D eigenvalue weighted by Crippen LogP contribution is -2.26. The number of carbonyl (C=O) groups is 1. The molecule has 0 amide bonds. The molecular formula is C17H17F3O4S. The first kappa shape index (κ1) is 17.8. The molecule has 0 radical (unpaired) electrons. The van der Waals surface area contributed by atoms with Crippen LogP contribution in [0.2, 0.25) is 0 Å². The molecule has 0 spiro atoms. The predicted molar refractivity (Wildman–Crippen MR) is 87.1 cm³/mol. The number of benzene rings is 1. The Morgan fingerprint density at radius 1 is 1.24 bits per heavy atom. The van der Waals surface area contributed by atoms with E-state index in [0.29, 0.717) is 17.5 Å². The summed E-state index contributed by atoms with van der Waals surface area (Å²) in [7, 11) is 3.81. The van der Waals surface area contributed by atoms with Gasteiger partial charge in [-0.15, -0.1) is 11.3 Å². The van der Waals surface area contributed by atoms with Crippen LogP contribution in [-0.4, -0.2) is 27.3 Å².